The van der Waals surface area contributed by atoms with Crippen LogP contribution in [0, 0.1) is 29.1 Å². The Labute approximate surface area is 108 Å². The molecule has 1 unspecified atom stereocenters. The van der Waals surface area contributed by atoms with E-state index >= 15 is 0 Å². The molecule has 0 fully saturated rings. The number of hydrogen-bond donors (Lipinski definition) is 0. The van der Waals surface area contributed by atoms with E-state index in [4.69, 9.17) is 0 Å². The first-order valence-electron chi connectivity index (χ1n) is 4.95. The molecule has 1 aromatic carbocycles. The van der Waals surface area contributed by atoms with Gasteiger partial charge in [0.2, 0.25) is 34.8 Å². The van der Waals surface area contributed by atoms with E-state index < -0.39 is 52.3 Å². The van der Waals surface area contributed by atoms with Gasteiger partial charge in [0, 0.05) is 0 Å². The Morgan fingerprint density at radius 2 is 1.25 bits per heavy atom. The van der Waals surface area contributed by atoms with Crippen LogP contribution in [0.1, 0.15) is 13.8 Å². The maximum absolute atomic E-state index is 13.5. The molecule has 0 bridgehead atoms. The van der Waals surface area contributed by atoms with Gasteiger partial charge in [0.25, 0.3) is 5.67 Å². The summed E-state index contributed by atoms with van der Waals surface area (Å²) in [6.07, 6.45) is 0. The van der Waals surface area contributed by atoms with Gasteiger partial charge in [-0.1, -0.05) is 0 Å². The predicted octanol–water partition coefficient (Wildman–Crippen LogP) is 2.60. The number of alkyl halides is 1. The molecule has 110 valence electrons. The third kappa shape index (κ3) is 2.47. The SMILES string of the molecule is CC(=O)C(C)(F)C(=O)Oc1c(F)c(F)c(F)c(F)c1F. The summed E-state index contributed by atoms with van der Waals surface area (Å²) in [6.45, 7) is 1.06. The van der Waals surface area contributed by atoms with Crippen molar-refractivity contribution in [1.29, 1.82) is 0 Å². The maximum Gasteiger partial charge on any atom is 0.357 e. The molecule has 0 aliphatic carbocycles. The molecule has 1 aromatic rings. The molecule has 0 radical (unpaired) electrons. The topological polar surface area (TPSA) is 43.4 Å². The Morgan fingerprint density at radius 1 is 0.900 bits per heavy atom. The number of ketones is 1. The third-order valence-electron chi connectivity index (χ3n) is 2.41. The lowest BCUT2D eigenvalue weighted by Gasteiger charge is -2.16. The zero-order valence-corrected chi connectivity index (χ0v) is 9.99. The zero-order chi connectivity index (χ0) is 15.8. The van der Waals surface area contributed by atoms with Crippen LogP contribution in [0.15, 0.2) is 0 Å². The van der Waals surface area contributed by atoms with Crippen molar-refractivity contribution in [2.75, 3.05) is 0 Å². The number of rotatable bonds is 3. The number of ether oxygens (including phenoxy) is 1. The van der Waals surface area contributed by atoms with Crippen molar-refractivity contribution < 1.29 is 40.7 Å². The Hall–Kier alpha value is -2.06. The van der Waals surface area contributed by atoms with Gasteiger partial charge >= 0.3 is 5.97 Å². The van der Waals surface area contributed by atoms with Gasteiger partial charge < -0.3 is 4.74 Å². The van der Waals surface area contributed by atoms with Crippen molar-refractivity contribution in [3.63, 3.8) is 0 Å². The van der Waals surface area contributed by atoms with Crippen LogP contribution >= 0.6 is 0 Å². The minimum absolute atomic E-state index is 0.420. The fourth-order valence-electron chi connectivity index (χ4n) is 1.01. The fourth-order valence-corrected chi connectivity index (χ4v) is 1.01. The number of benzene rings is 1. The maximum atomic E-state index is 13.5. The summed E-state index contributed by atoms with van der Waals surface area (Å²) in [5.41, 5.74) is -3.29. The molecule has 0 spiro atoms. The summed E-state index contributed by atoms with van der Waals surface area (Å²) >= 11 is 0. The number of halogens is 6. The number of esters is 1. The first-order chi connectivity index (χ1) is 9.01. The fraction of sp³-hybridized carbons (Fsp3) is 0.273. The van der Waals surface area contributed by atoms with Gasteiger partial charge in [0.05, 0.1) is 0 Å². The number of carbonyl (C=O) groups excluding carboxylic acids is 2. The lowest BCUT2D eigenvalue weighted by atomic mass is 10.1. The predicted molar refractivity (Wildman–Crippen MR) is 52.1 cm³/mol. The van der Waals surface area contributed by atoms with Gasteiger partial charge in [-0.2, -0.15) is 8.78 Å². The summed E-state index contributed by atoms with van der Waals surface area (Å²) in [5.74, 6) is -17.5. The van der Waals surface area contributed by atoms with Crippen LogP contribution in [0.4, 0.5) is 26.3 Å². The van der Waals surface area contributed by atoms with Crippen LogP contribution in [0.2, 0.25) is 0 Å². The van der Waals surface area contributed by atoms with Crippen molar-refractivity contribution in [2.45, 2.75) is 19.5 Å². The summed E-state index contributed by atoms with van der Waals surface area (Å²) in [5, 5.41) is 0. The van der Waals surface area contributed by atoms with Gasteiger partial charge in [0.15, 0.2) is 5.78 Å². The molecular formula is C11H6F6O3. The number of Topliss-reactive ketones (excluding diaryl/α,β-unsaturated/α-hetero) is 1. The van der Waals surface area contributed by atoms with Crippen LogP contribution in [-0.4, -0.2) is 17.4 Å². The van der Waals surface area contributed by atoms with Crippen molar-refractivity contribution in [3.8, 4) is 5.75 Å². The quantitative estimate of drug-likeness (QED) is 0.215. The Kier molecular flexibility index (Phi) is 4.11. The molecule has 0 saturated heterocycles. The van der Waals surface area contributed by atoms with Gasteiger partial charge in [0.1, 0.15) is 0 Å². The lowest BCUT2D eigenvalue weighted by molar-refractivity contribution is -0.153. The average molecular weight is 300 g/mol. The summed E-state index contributed by atoms with van der Waals surface area (Å²) in [6, 6.07) is 0. The smallest absolute Gasteiger partial charge is 0.357 e. The minimum Gasteiger partial charge on any atom is -0.417 e. The minimum atomic E-state index is -3.29. The standard InChI is InChI=1S/C11H6F6O3/c1-3(18)11(2,17)10(19)20-9-7(15)5(13)4(12)6(14)8(9)16/h1-2H3. The molecule has 0 aliphatic rings. The Balaban J connectivity index is 3.31. The van der Waals surface area contributed by atoms with Gasteiger partial charge in [-0.05, 0) is 13.8 Å². The summed E-state index contributed by atoms with van der Waals surface area (Å²) in [7, 11) is 0. The molecular weight excluding hydrogens is 294 g/mol. The molecule has 20 heavy (non-hydrogen) atoms. The van der Waals surface area contributed by atoms with Crippen molar-refractivity contribution >= 4 is 11.8 Å². The van der Waals surface area contributed by atoms with Gasteiger partial charge in [-0.25, -0.2) is 22.4 Å². The van der Waals surface area contributed by atoms with Crippen LogP contribution < -0.4 is 4.74 Å². The van der Waals surface area contributed by atoms with Crippen molar-refractivity contribution in [3.05, 3.63) is 29.1 Å². The van der Waals surface area contributed by atoms with Crippen LogP contribution in [-0.2, 0) is 9.59 Å². The second-order valence-corrected chi connectivity index (χ2v) is 3.85. The molecule has 0 saturated carbocycles. The molecule has 1 rings (SSSR count). The molecule has 0 amide bonds. The molecule has 0 aliphatic heterocycles. The molecule has 0 aromatic heterocycles. The van der Waals surface area contributed by atoms with Crippen molar-refractivity contribution in [2.24, 2.45) is 0 Å². The number of carbonyl (C=O) groups is 2. The zero-order valence-electron chi connectivity index (χ0n) is 9.99. The third-order valence-corrected chi connectivity index (χ3v) is 2.41. The van der Waals surface area contributed by atoms with E-state index in [1.54, 1.807) is 0 Å². The number of hydrogen-bond acceptors (Lipinski definition) is 3. The highest BCUT2D eigenvalue weighted by atomic mass is 19.2. The average Bonchev–Trinajstić information content (AvgIpc) is 2.38. The molecule has 0 N–H and O–H groups in total. The van der Waals surface area contributed by atoms with E-state index in [1.165, 1.54) is 0 Å². The largest absolute Gasteiger partial charge is 0.417 e. The highest BCUT2D eigenvalue weighted by Gasteiger charge is 2.42. The van der Waals surface area contributed by atoms with E-state index in [0.717, 1.165) is 0 Å². The van der Waals surface area contributed by atoms with E-state index in [1.807, 2.05) is 0 Å². The van der Waals surface area contributed by atoms with E-state index in [-0.39, 0.29) is 0 Å². The molecule has 9 heteroatoms. The normalized spacial score (nSPS) is 13.8. The highest BCUT2D eigenvalue weighted by Crippen LogP contribution is 2.30. The van der Waals surface area contributed by atoms with E-state index in [9.17, 15) is 35.9 Å². The Morgan fingerprint density at radius 3 is 1.60 bits per heavy atom. The van der Waals surface area contributed by atoms with Crippen LogP contribution in [0.25, 0.3) is 0 Å². The van der Waals surface area contributed by atoms with Crippen LogP contribution in [0.3, 0.4) is 0 Å². The molecule has 3 nitrogen and oxygen atoms in total. The second kappa shape index (κ2) is 5.14. The highest BCUT2D eigenvalue weighted by molar-refractivity contribution is 6.06. The Bertz CT molecular complexity index is 567. The molecule has 0 heterocycles. The first kappa shape index (κ1) is 16.0. The first-order valence-corrected chi connectivity index (χ1v) is 4.95. The van der Waals surface area contributed by atoms with E-state index in [2.05, 4.69) is 4.74 Å². The van der Waals surface area contributed by atoms with Gasteiger partial charge in [-0.3, -0.25) is 4.79 Å². The van der Waals surface area contributed by atoms with Crippen LogP contribution in [0.5, 0.6) is 5.75 Å². The summed E-state index contributed by atoms with van der Waals surface area (Å²) < 4.78 is 81.9. The van der Waals surface area contributed by atoms with E-state index in [0.29, 0.717) is 13.8 Å². The second-order valence-electron chi connectivity index (χ2n) is 3.85. The lowest BCUT2D eigenvalue weighted by Crippen LogP contribution is -2.41. The van der Waals surface area contributed by atoms with Crippen molar-refractivity contribution in [1.82, 2.24) is 0 Å². The molecule has 1 atom stereocenters. The van der Waals surface area contributed by atoms with Gasteiger partial charge in [-0.15, -0.1) is 0 Å². The monoisotopic (exact) mass is 300 g/mol. The summed E-state index contributed by atoms with van der Waals surface area (Å²) in [4.78, 5) is 22.0.